The van der Waals surface area contributed by atoms with E-state index in [0.717, 1.165) is 0 Å². The Bertz CT molecular complexity index is 17.1. The molecule has 0 heterocycles. The summed E-state index contributed by atoms with van der Waals surface area (Å²) in [5.41, 5.74) is 0. The highest BCUT2D eigenvalue weighted by molar-refractivity contribution is 7.94. The van der Waals surface area contributed by atoms with Gasteiger partial charge in [-0.1, -0.05) is 0 Å². The van der Waals surface area contributed by atoms with Crippen molar-refractivity contribution < 1.29 is 4.20 Å². The van der Waals surface area contributed by atoms with Gasteiger partial charge in [-0.05, 0) is 0 Å². The van der Waals surface area contributed by atoms with Gasteiger partial charge in [-0.15, -0.1) is 24.8 Å². The van der Waals surface area contributed by atoms with Crippen LogP contribution in [-0.4, -0.2) is 0 Å². The zero-order chi connectivity index (χ0) is 2.71. The Morgan fingerprint density at radius 2 is 1.40 bits per heavy atom. The molecule has 1 unspecified atom stereocenters. The summed E-state index contributed by atoms with van der Waals surface area (Å²) in [5, 5.41) is 0. The Kier molecular flexibility index (Phi) is 65.9. The van der Waals surface area contributed by atoms with E-state index in [0.29, 0.717) is 0 Å². The molecule has 5 heavy (non-hydrogen) atoms. The summed E-state index contributed by atoms with van der Waals surface area (Å²) in [6.45, 7) is 0. The Hall–Kier alpha value is 1.03. The van der Waals surface area contributed by atoms with Crippen LogP contribution in [-0.2, 0) is 11.8 Å². The number of halogens is 3. The van der Waals surface area contributed by atoms with E-state index >= 15 is 0 Å². The lowest BCUT2D eigenvalue weighted by atomic mass is 18.9. The second-order valence-electron chi connectivity index (χ2n) is 0.0772. The standard InChI is InChI=1S/2ClH.FPS/c;;1-2-3/h2*1H;/p+1. The lowest BCUT2D eigenvalue weighted by molar-refractivity contribution is 0.939. The number of hydrogen-bond acceptors (Lipinski definition) is 1. The van der Waals surface area contributed by atoms with Crippen LogP contribution in [0.4, 0.5) is 4.20 Å². The molecule has 0 nitrogen and oxygen atoms in total. The second-order valence-corrected chi connectivity index (χ2v) is 0.694. The topological polar surface area (TPSA) is 0 Å². The first kappa shape index (κ1) is 16.6. The maximum atomic E-state index is 10.1. The van der Waals surface area contributed by atoms with Crippen molar-refractivity contribution in [1.82, 2.24) is 0 Å². The molecule has 1 atom stereocenters. The zero-order valence-electron chi connectivity index (χ0n) is 2.10. The predicted octanol–water partition coefficient (Wildman–Crippen LogP) is 1.85. The molecule has 34 valence electrons. The van der Waals surface area contributed by atoms with Crippen molar-refractivity contribution in [1.29, 1.82) is 0 Å². The molecule has 0 radical (unpaired) electrons. The minimum Gasteiger partial charge on any atom is -0.147 e. The largest absolute Gasteiger partial charge is 0.382 e. The molecule has 0 spiro atoms. The Balaban J connectivity index is -0.0000000200. The summed E-state index contributed by atoms with van der Waals surface area (Å²) in [5.74, 6) is 0. The van der Waals surface area contributed by atoms with Crippen molar-refractivity contribution >= 4 is 44.3 Å². The first-order chi connectivity index (χ1) is 1.41. The summed E-state index contributed by atoms with van der Waals surface area (Å²) in [7, 11) is -0.833. The van der Waals surface area contributed by atoms with Crippen LogP contribution in [0.25, 0.3) is 0 Å². The average molecular weight is 156 g/mol. The molecule has 0 rings (SSSR count). The van der Waals surface area contributed by atoms with E-state index in [9.17, 15) is 4.20 Å². The van der Waals surface area contributed by atoms with Gasteiger partial charge < -0.3 is 0 Å². The molecule has 5 heteroatoms. The van der Waals surface area contributed by atoms with E-state index in [1.54, 1.807) is 0 Å². The Labute approximate surface area is 48.9 Å². The second kappa shape index (κ2) is 19.8. The van der Waals surface area contributed by atoms with Gasteiger partial charge >= 0.3 is 7.67 Å². The quantitative estimate of drug-likeness (QED) is 0.482. The fourth-order valence-corrected chi connectivity index (χ4v) is 0. The minimum absolute atomic E-state index is 0. The van der Waals surface area contributed by atoms with Gasteiger partial charge in [-0.2, -0.15) is 0 Å². The van der Waals surface area contributed by atoms with Crippen molar-refractivity contribution in [3.63, 3.8) is 0 Å². The maximum Gasteiger partial charge on any atom is 0.382 e. The third kappa shape index (κ3) is 43.5. The van der Waals surface area contributed by atoms with Crippen LogP contribution in [0, 0.1) is 0 Å². The molecule has 0 saturated carbocycles. The molecule has 0 aliphatic carbocycles. The van der Waals surface area contributed by atoms with Gasteiger partial charge in [0.05, 0.1) is 0 Å². The molecular formula is H3Cl2FPS+. The molecule has 0 aliphatic heterocycles. The summed E-state index contributed by atoms with van der Waals surface area (Å²) in [6.07, 6.45) is 0. The van der Waals surface area contributed by atoms with E-state index in [1.165, 1.54) is 0 Å². The molecule has 0 aromatic carbocycles. The first-order valence-electron chi connectivity index (χ1n) is 0.393. The first-order valence-corrected chi connectivity index (χ1v) is 2.40. The monoisotopic (exact) mass is 155 g/mol. The summed E-state index contributed by atoms with van der Waals surface area (Å²) >= 11 is 3.75. The molecule has 0 N–H and O–H groups in total. The van der Waals surface area contributed by atoms with Gasteiger partial charge in [0.25, 0.3) is 0 Å². The highest BCUT2D eigenvalue weighted by Crippen LogP contribution is 1.84. The molecule has 0 bridgehead atoms. The molecule has 0 amide bonds. The van der Waals surface area contributed by atoms with Crippen LogP contribution < -0.4 is 0 Å². The van der Waals surface area contributed by atoms with Gasteiger partial charge in [-0.3, -0.25) is 0 Å². The van der Waals surface area contributed by atoms with Crippen molar-refractivity contribution in [2.45, 2.75) is 0 Å². The molecule has 0 fully saturated rings. The molecule has 0 saturated heterocycles. The molecule has 0 aromatic heterocycles. The SMILES string of the molecule is Cl.Cl.F[PH+]=S. The summed E-state index contributed by atoms with van der Waals surface area (Å²) in [4.78, 5) is 0. The lowest BCUT2D eigenvalue weighted by Gasteiger charge is -1.01. The third-order valence-corrected chi connectivity index (χ3v) is 0. The van der Waals surface area contributed by atoms with Gasteiger partial charge in [-0.25, -0.2) is 0 Å². The Morgan fingerprint density at radius 3 is 1.40 bits per heavy atom. The van der Waals surface area contributed by atoms with Gasteiger partial charge in [0.15, 0.2) is 0 Å². The van der Waals surface area contributed by atoms with Gasteiger partial charge in [0.2, 0.25) is 11.8 Å². The van der Waals surface area contributed by atoms with Crippen LogP contribution in [0.1, 0.15) is 0 Å². The average Bonchev–Trinajstić information content (AvgIpc) is 0.918. The van der Waals surface area contributed by atoms with E-state index < -0.39 is 7.67 Å². The van der Waals surface area contributed by atoms with Crippen molar-refractivity contribution in [3.05, 3.63) is 0 Å². The molecule has 0 aliphatic rings. The fourth-order valence-electron chi connectivity index (χ4n) is 0. The smallest absolute Gasteiger partial charge is 0.147 e. The highest BCUT2D eigenvalue weighted by atomic mass is 35.5. The van der Waals surface area contributed by atoms with E-state index in [2.05, 4.69) is 11.8 Å². The van der Waals surface area contributed by atoms with E-state index in [4.69, 9.17) is 0 Å². The highest BCUT2D eigenvalue weighted by Gasteiger charge is 1.47. The maximum absolute atomic E-state index is 10.1. The zero-order valence-corrected chi connectivity index (χ0v) is 5.55. The van der Waals surface area contributed by atoms with Crippen LogP contribution in [0.3, 0.4) is 0 Å². The molecular weight excluding hydrogens is 153 g/mol. The minimum atomic E-state index is -0.833. The van der Waals surface area contributed by atoms with Crippen LogP contribution in [0.5, 0.6) is 0 Å². The predicted molar refractivity (Wildman–Crippen MR) is 31.3 cm³/mol. The Morgan fingerprint density at radius 1 is 1.40 bits per heavy atom. The van der Waals surface area contributed by atoms with Crippen molar-refractivity contribution in [2.24, 2.45) is 0 Å². The number of rotatable bonds is 0. The summed E-state index contributed by atoms with van der Waals surface area (Å²) < 4.78 is 10.1. The van der Waals surface area contributed by atoms with Gasteiger partial charge in [0, 0.05) is 4.20 Å². The lowest BCUT2D eigenvalue weighted by Crippen LogP contribution is -0.717. The normalized spacial score (nSPS) is 4.20. The number of hydrogen-bond donors (Lipinski definition) is 0. The van der Waals surface area contributed by atoms with E-state index in [-0.39, 0.29) is 24.8 Å². The van der Waals surface area contributed by atoms with Crippen molar-refractivity contribution in [3.8, 4) is 0 Å². The van der Waals surface area contributed by atoms with Gasteiger partial charge in [0.1, 0.15) is 0 Å². The van der Waals surface area contributed by atoms with Crippen LogP contribution >= 0.6 is 32.5 Å². The van der Waals surface area contributed by atoms with Crippen molar-refractivity contribution in [2.75, 3.05) is 0 Å². The third-order valence-electron chi connectivity index (χ3n) is 0. The summed E-state index contributed by atoms with van der Waals surface area (Å²) in [6, 6.07) is 0. The fraction of sp³-hybridized carbons (Fsp3) is 0. The van der Waals surface area contributed by atoms with Crippen LogP contribution in [0.15, 0.2) is 0 Å². The van der Waals surface area contributed by atoms with Crippen LogP contribution in [0.2, 0.25) is 0 Å². The molecule has 0 aromatic rings. The van der Waals surface area contributed by atoms with E-state index in [1.807, 2.05) is 0 Å².